The molecular weight excluding hydrogens is 258 g/mol. The molecule has 2 aliphatic heterocycles. The van der Waals surface area contributed by atoms with E-state index in [1.54, 1.807) is 13.8 Å². The average molecular weight is 279 g/mol. The van der Waals surface area contributed by atoms with Crippen molar-refractivity contribution in [2.24, 2.45) is 0 Å². The van der Waals surface area contributed by atoms with Crippen molar-refractivity contribution in [3.63, 3.8) is 0 Å². The van der Waals surface area contributed by atoms with Gasteiger partial charge in [-0.15, -0.1) is 0 Å². The zero-order chi connectivity index (χ0) is 14.1. The van der Waals surface area contributed by atoms with Gasteiger partial charge in [-0.3, -0.25) is 9.69 Å². The number of ether oxygens (including phenoxy) is 1. The molecule has 0 radical (unpaired) electrons. The summed E-state index contributed by atoms with van der Waals surface area (Å²) in [4.78, 5) is 14.8. The molecule has 0 saturated carbocycles. The molecule has 1 aromatic heterocycles. The zero-order valence-electron chi connectivity index (χ0n) is 12.0. The van der Waals surface area contributed by atoms with Crippen LogP contribution in [0.4, 0.5) is 0 Å². The summed E-state index contributed by atoms with van der Waals surface area (Å²) in [5.41, 5.74) is 1.19. The van der Waals surface area contributed by atoms with Crippen molar-refractivity contribution in [3.05, 3.63) is 17.0 Å². The number of carbonyl (C=O) groups excluding carboxylic acids is 1. The van der Waals surface area contributed by atoms with Crippen molar-refractivity contribution in [1.82, 2.24) is 15.4 Å². The van der Waals surface area contributed by atoms with Gasteiger partial charge in [0.25, 0.3) is 5.91 Å². The minimum absolute atomic E-state index is 0.0503. The van der Waals surface area contributed by atoms with Crippen LogP contribution in [-0.4, -0.2) is 54.4 Å². The number of amides is 1. The third-order valence-corrected chi connectivity index (χ3v) is 4.24. The second-order valence-corrected chi connectivity index (χ2v) is 5.63. The fraction of sp³-hybridized carbons (Fsp3) is 0.714. The second-order valence-electron chi connectivity index (χ2n) is 5.63. The summed E-state index contributed by atoms with van der Waals surface area (Å²) in [7, 11) is 0. The highest BCUT2D eigenvalue weighted by molar-refractivity contribution is 5.96. The van der Waals surface area contributed by atoms with Crippen molar-refractivity contribution >= 4 is 5.91 Å². The van der Waals surface area contributed by atoms with Crippen molar-refractivity contribution in [3.8, 4) is 0 Å². The summed E-state index contributed by atoms with van der Waals surface area (Å²) < 4.78 is 10.6. The Hall–Kier alpha value is -1.40. The topological polar surface area (TPSA) is 67.6 Å². The van der Waals surface area contributed by atoms with Crippen molar-refractivity contribution in [2.45, 2.75) is 38.8 Å². The lowest BCUT2D eigenvalue weighted by atomic mass is 10.1. The molecule has 0 spiro atoms. The molecule has 2 fully saturated rings. The van der Waals surface area contributed by atoms with E-state index >= 15 is 0 Å². The van der Waals surface area contributed by atoms with Crippen molar-refractivity contribution in [2.75, 3.05) is 26.3 Å². The van der Waals surface area contributed by atoms with Gasteiger partial charge in [-0.2, -0.15) is 0 Å². The van der Waals surface area contributed by atoms with Gasteiger partial charge in [-0.1, -0.05) is 5.16 Å². The fourth-order valence-corrected chi connectivity index (χ4v) is 3.16. The third kappa shape index (κ3) is 2.45. The minimum Gasteiger partial charge on any atom is -0.378 e. The zero-order valence-corrected chi connectivity index (χ0v) is 12.0. The maximum Gasteiger partial charge on any atom is 0.257 e. The van der Waals surface area contributed by atoms with E-state index < -0.39 is 0 Å². The maximum absolute atomic E-state index is 12.4. The lowest BCUT2D eigenvalue weighted by molar-refractivity contribution is 0.0914. The Morgan fingerprint density at radius 2 is 2.05 bits per heavy atom. The number of nitrogens with zero attached hydrogens (tertiary/aromatic N) is 2. The SMILES string of the molecule is Cc1noc(C)c1C(=O)N[C@H]1COC[C@@H]1N1CCCC1. The molecule has 3 heterocycles. The first kappa shape index (κ1) is 13.6. The molecule has 6 nitrogen and oxygen atoms in total. The van der Waals surface area contributed by atoms with Crippen LogP contribution in [0.5, 0.6) is 0 Å². The molecule has 0 aromatic carbocycles. The highest BCUT2D eigenvalue weighted by Crippen LogP contribution is 2.20. The van der Waals surface area contributed by atoms with E-state index in [0.717, 1.165) is 13.1 Å². The molecule has 3 rings (SSSR count). The summed E-state index contributed by atoms with van der Waals surface area (Å²) >= 11 is 0. The Morgan fingerprint density at radius 1 is 1.30 bits per heavy atom. The molecule has 20 heavy (non-hydrogen) atoms. The van der Waals surface area contributed by atoms with Crippen LogP contribution in [0.2, 0.25) is 0 Å². The van der Waals surface area contributed by atoms with Gasteiger partial charge in [0.1, 0.15) is 11.3 Å². The Morgan fingerprint density at radius 3 is 2.70 bits per heavy atom. The first-order chi connectivity index (χ1) is 9.66. The van der Waals surface area contributed by atoms with Gasteiger partial charge in [0.15, 0.2) is 0 Å². The van der Waals surface area contributed by atoms with E-state index in [-0.39, 0.29) is 11.9 Å². The lowest BCUT2D eigenvalue weighted by Crippen LogP contribution is -2.50. The molecule has 2 aliphatic rings. The smallest absolute Gasteiger partial charge is 0.257 e. The predicted molar refractivity (Wildman–Crippen MR) is 72.6 cm³/mol. The highest BCUT2D eigenvalue weighted by atomic mass is 16.5. The van der Waals surface area contributed by atoms with Gasteiger partial charge in [0.05, 0.1) is 31.0 Å². The quantitative estimate of drug-likeness (QED) is 0.890. The van der Waals surface area contributed by atoms with Gasteiger partial charge in [-0.25, -0.2) is 0 Å². The van der Waals surface area contributed by atoms with Gasteiger partial charge >= 0.3 is 0 Å². The van der Waals surface area contributed by atoms with E-state index in [0.29, 0.717) is 36.3 Å². The van der Waals surface area contributed by atoms with Crippen LogP contribution in [0.15, 0.2) is 4.52 Å². The third-order valence-electron chi connectivity index (χ3n) is 4.24. The van der Waals surface area contributed by atoms with E-state index in [2.05, 4.69) is 15.4 Å². The van der Waals surface area contributed by atoms with Crippen LogP contribution in [-0.2, 0) is 4.74 Å². The van der Waals surface area contributed by atoms with E-state index in [4.69, 9.17) is 9.26 Å². The van der Waals surface area contributed by atoms with Gasteiger partial charge in [0.2, 0.25) is 0 Å². The number of hydrogen-bond acceptors (Lipinski definition) is 5. The molecule has 2 atom stereocenters. The van der Waals surface area contributed by atoms with E-state index in [1.165, 1.54) is 12.8 Å². The Bertz CT molecular complexity index is 474. The fourth-order valence-electron chi connectivity index (χ4n) is 3.16. The van der Waals surface area contributed by atoms with Gasteiger partial charge < -0.3 is 14.6 Å². The van der Waals surface area contributed by atoms with Gasteiger partial charge in [0, 0.05) is 0 Å². The van der Waals surface area contributed by atoms with Crippen molar-refractivity contribution in [1.29, 1.82) is 0 Å². The minimum atomic E-state index is -0.110. The molecule has 6 heteroatoms. The molecule has 110 valence electrons. The number of carbonyl (C=O) groups is 1. The Kier molecular flexibility index (Phi) is 3.76. The largest absolute Gasteiger partial charge is 0.378 e. The number of aromatic nitrogens is 1. The molecule has 0 bridgehead atoms. The number of rotatable bonds is 3. The molecule has 1 aromatic rings. The van der Waals surface area contributed by atoms with Crippen LogP contribution in [0.3, 0.4) is 0 Å². The average Bonchev–Trinajstić information content (AvgIpc) is 3.10. The van der Waals surface area contributed by atoms with Gasteiger partial charge in [-0.05, 0) is 39.8 Å². The summed E-state index contributed by atoms with van der Waals surface area (Å²) in [6.07, 6.45) is 2.47. The number of nitrogens with one attached hydrogen (secondary N) is 1. The summed E-state index contributed by atoms with van der Waals surface area (Å²) in [6.45, 7) is 7.03. The normalized spacial score (nSPS) is 27.1. The van der Waals surface area contributed by atoms with Crippen LogP contribution in [0, 0.1) is 13.8 Å². The van der Waals surface area contributed by atoms with Crippen LogP contribution in [0.25, 0.3) is 0 Å². The van der Waals surface area contributed by atoms with Crippen LogP contribution >= 0.6 is 0 Å². The highest BCUT2D eigenvalue weighted by Gasteiger charge is 2.36. The van der Waals surface area contributed by atoms with Crippen LogP contribution in [0.1, 0.15) is 34.7 Å². The Labute approximate surface area is 118 Å². The molecule has 2 saturated heterocycles. The van der Waals surface area contributed by atoms with Crippen molar-refractivity contribution < 1.29 is 14.1 Å². The number of aryl methyl sites for hydroxylation is 2. The van der Waals surface area contributed by atoms with E-state index in [1.807, 2.05) is 0 Å². The second kappa shape index (κ2) is 5.54. The monoisotopic (exact) mass is 279 g/mol. The molecular formula is C14H21N3O3. The first-order valence-electron chi connectivity index (χ1n) is 7.22. The lowest BCUT2D eigenvalue weighted by Gasteiger charge is -2.27. The number of hydrogen-bond donors (Lipinski definition) is 1. The summed E-state index contributed by atoms with van der Waals surface area (Å²) in [6, 6.07) is 0.344. The van der Waals surface area contributed by atoms with E-state index in [9.17, 15) is 4.79 Å². The molecule has 1 N–H and O–H groups in total. The van der Waals surface area contributed by atoms with Crippen LogP contribution < -0.4 is 5.32 Å². The predicted octanol–water partition coefficient (Wildman–Crippen LogP) is 0.884. The first-order valence-corrected chi connectivity index (χ1v) is 7.22. The molecule has 0 aliphatic carbocycles. The Balaban J connectivity index is 1.69. The maximum atomic E-state index is 12.4. The molecule has 0 unspecified atom stereocenters. The summed E-state index contributed by atoms with van der Waals surface area (Å²) in [5.74, 6) is 0.456. The number of likely N-dealkylation sites (tertiary alicyclic amines) is 1. The summed E-state index contributed by atoms with van der Waals surface area (Å²) in [5, 5.41) is 6.92. The standard InChI is InChI=1S/C14H21N3O3/c1-9-13(10(2)20-16-9)14(18)15-11-7-19-8-12(11)17-5-3-4-6-17/h11-12H,3-8H2,1-2H3,(H,15,18)/t11-,12-/m0/s1. The molecule has 1 amide bonds.